The van der Waals surface area contributed by atoms with E-state index in [9.17, 15) is 0 Å². The summed E-state index contributed by atoms with van der Waals surface area (Å²) in [4.78, 5) is 0. The van der Waals surface area contributed by atoms with Gasteiger partial charge >= 0.3 is 0 Å². The van der Waals surface area contributed by atoms with Gasteiger partial charge in [-0.15, -0.1) is 0 Å². The van der Waals surface area contributed by atoms with Crippen molar-refractivity contribution in [2.45, 2.75) is 182 Å². The van der Waals surface area contributed by atoms with Gasteiger partial charge in [0.05, 0.1) is 0 Å². The molecule has 8 aliphatic rings. The van der Waals surface area contributed by atoms with Crippen molar-refractivity contribution in [1.82, 2.24) is 0 Å². The Bertz CT molecular complexity index is 7380. The van der Waals surface area contributed by atoms with Gasteiger partial charge in [0.25, 0.3) is 0 Å². The second-order valence-corrected chi connectivity index (χ2v) is 47.8. The van der Waals surface area contributed by atoms with Crippen molar-refractivity contribution in [2.75, 3.05) is 0 Å². The van der Waals surface area contributed by atoms with Crippen LogP contribution in [0.2, 0.25) is 0 Å². The van der Waals surface area contributed by atoms with Gasteiger partial charge < -0.3 is 13.4 Å². The maximum Gasteiger partial charge on any atom is 0.242 e. The Morgan fingerprint density at radius 2 is 0.504 bits per heavy atom. The molecule has 3 nitrogen and oxygen atoms in total. The average molecular weight is 1790 g/mol. The second-order valence-electron chi connectivity index (χ2n) is 42.8. The monoisotopic (exact) mass is 1790 g/mol. The number of hydrogen-bond donors (Lipinski definition) is 0. The second kappa shape index (κ2) is 34.0. The molecule has 7 heteroatoms. The first-order valence-electron chi connectivity index (χ1n) is 49.7. The van der Waals surface area contributed by atoms with Gasteiger partial charge in [0, 0.05) is 37.5 Å². The highest BCUT2D eigenvalue weighted by atomic mass is 31.2. The normalized spacial score (nSPS) is 20.9. The summed E-state index contributed by atoms with van der Waals surface area (Å²) in [6.07, 6.45) is 15.6. The summed E-state index contributed by atoms with van der Waals surface area (Å²) >= 11 is 0. The van der Waals surface area contributed by atoms with Crippen LogP contribution in [-0.4, -0.2) is 13.4 Å². The molecule has 8 aliphatic carbocycles. The zero-order valence-corrected chi connectivity index (χ0v) is 82.2. The first-order chi connectivity index (χ1) is 65.4. The lowest BCUT2D eigenvalue weighted by Crippen LogP contribution is -2.56. The minimum Gasteiger partial charge on any atom is -0.456 e. The first kappa shape index (κ1) is 87.0. The third-order valence-corrected chi connectivity index (χ3v) is 38.9. The van der Waals surface area contributed by atoms with Gasteiger partial charge in [-0.2, -0.15) is 0 Å². The maximum atomic E-state index is 15.2. The summed E-state index contributed by atoms with van der Waals surface area (Å²) < 4.78 is 28.4. The van der Waals surface area contributed by atoms with Gasteiger partial charge in [-0.3, -0.25) is 0 Å². The number of furan rings is 2. The Labute approximate surface area is 801 Å². The third-order valence-electron chi connectivity index (χ3n) is 33.4. The third kappa shape index (κ3) is 15.4. The van der Waals surface area contributed by atoms with Crippen LogP contribution in [0.3, 0.4) is 0 Å². The molecule has 0 spiro atoms. The number of aryl methyl sites for hydroxylation is 12. The van der Waals surface area contributed by atoms with E-state index in [-0.39, 0.29) is 35.1 Å². The summed E-state index contributed by atoms with van der Waals surface area (Å²) in [6, 6.07) is 127. The van der Waals surface area contributed by atoms with Crippen LogP contribution in [0.15, 0.2) is 349 Å². The average Bonchev–Trinajstić information content (AvgIpc) is 0.959. The molecule has 0 radical (unpaired) electrons. The van der Waals surface area contributed by atoms with Gasteiger partial charge in [0.15, 0.2) is 7.14 Å². The molecule has 135 heavy (non-hydrogen) atoms. The quantitative estimate of drug-likeness (QED) is 0.0635. The Balaban J connectivity index is 0.000000152. The van der Waals surface area contributed by atoms with E-state index in [1.807, 2.05) is 60.7 Å². The molecule has 8 fully saturated rings. The van der Waals surface area contributed by atoms with E-state index in [0.717, 1.165) is 67.3 Å². The van der Waals surface area contributed by atoms with Crippen molar-refractivity contribution in [3.63, 3.8) is 0 Å². The van der Waals surface area contributed by atoms with Crippen molar-refractivity contribution in [3.8, 4) is 22.3 Å². The molecular formula is C128H120B2O3P2. The first-order valence-corrected chi connectivity index (χ1v) is 52.8. The Kier molecular flexibility index (Phi) is 21.9. The fourth-order valence-corrected chi connectivity index (χ4v) is 34.0. The minimum absolute atomic E-state index is 0.0993. The predicted octanol–water partition coefficient (Wildman–Crippen LogP) is 26.2. The van der Waals surface area contributed by atoms with E-state index in [1.54, 1.807) is 11.1 Å². The van der Waals surface area contributed by atoms with E-state index in [0.29, 0.717) is 0 Å². The van der Waals surface area contributed by atoms with Gasteiger partial charge in [-0.1, -0.05) is 403 Å². The Hall–Kier alpha value is -12.1. The Morgan fingerprint density at radius 1 is 0.259 bits per heavy atom. The SMILES string of the molecule is Cc1cc(C)c(B(c2ccc3oc4ccc(-c5ccc(C67CC8CC(C6)CC(c6ccc(P(=O)(c9ccccc9)c9ccccc9)cc6)(C8)C7)cc5)cc4c3c2)c2c(C)cc(C)cc2C)c(C)c1.Cc1cc(C)c(B(c2ccc3oc4ccc(-c5ccc(C67CC8CC(C6)CC(c6ccc(P(c9ccccc9)c9ccccc9)cc6)(C8)C7)cc5)cc4c3c2)c2c(C)cc(C)cc2C)c(C)c1. The lowest BCUT2D eigenvalue weighted by Gasteiger charge is -2.63. The number of fused-ring (bicyclic) bond motifs is 6. The molecule has 2 aromatic heterocycles. The lowest BCUT2D eigenvalue weighted by atomic mass is 9.34. The number of benzene rings is 16. The summed E-state index contributed by atoms with van der Waals surface area (Å²) in [5.74, 6) is 3.05. The van der Waals surface area contributed by atoms with Crippen LogP contribution in [0.1, 0.15) is 166 Å². The molecule has 0 amide bonds. The highest BCUT2D eigenvalue weighted by molar-refractivity contribution is 7.85. The van der Waals surface area contributed by atoms with Crippen molar-refractivity contribution in [1.29, 1.82) is 0 Å². The van der Waals surface area contributed by atoms with Gasteiger partial charge in [-0.25, -0.2) is 0 Å². The highest BCUT2D eigenvalue weighted by Gasteiger charge is 2.60. The summed E-state index contributed by atoms with van der Waals surface area (Å²) in [7, 11) is -3.64. The molecule has 4 atom stereocenters. The molecule has 0 aliphatic heterocycles. The standard InChI is InChI=1S/C64H60BO2P.C64H60BOP/c1-41-29-43(3)61(44(4)30-41)65(62-45(5)31-42(2)32-46(62)6)53-24-28-60-58(35-53)57-34-50(19-27-59(57)67-60)49-17-20-51(21-18-49)63-36-47-33-48(37-63)39-64(38-47,40-63)52-22-25-56(26-23-52)68(66,54-13-9-7-10-14-54)55-15-11-8-12-16-55;1-41-29-43(3)61(44(4)30-41)65(62-45(5)31-42(2)32-46(62)6)53-24-28-60-58(35-53)57-34-50(19-27-59(57)66-60)49-17-20-51(21-18-49)63-36-47-33-48(37-63)39-64(38-47,40-63)52-22-25-56(26-23-52)67(54-13-9-7-10-14-54)55-15-11-8-12-16-55/h7-32,34-35,47-48H,33,36-40H2,1-6H3;7-32,34-35,47-48H,33,36-40H2,1-6H3. The topological polar surface area (TPSA) is 43.4 Å². The molecule has 26 rings (SSSR count). The minimum atomic E-state index is -3.03. The van der Waals surface area contributed by atoms with Gasteiger partial charge in [0.1, 0.15) is 22.3 Å². The van der Waals surface area contributed by atoms with Crippen LogP contribution < -0.4 is 64.6 Å². The van der Waals surface area contributed by atoms with Crippen LogP contribution in [-0.2, 0) is 26.2 Å². The zero-order valence-electron chi connectivity index (χ0n) is 80.4. The molecule has 4 unspecified atom stereocenters. The fourth-order valence-electron chi connectivity index (χ4n) is 29.1. The molecule has 18 aromatic rings. The number of hydrogen-bond acceptors (Lipinski definition) is 3. The van der Waals surface area contributed by atoms with Crippen LogP contribution in [0.25, 0.3) is 66.1 Å². The van der Waals surface area contributed by atoms with Gasteiger partial charge in [0.2, 0.25) is 13.4 Å². The molecule has 0 saturated heterocycles. The van der Waals surface area contributed by atoms with Crippen LogP contribution >= 0.6 is 15.1 Å². The molecule has 0 N–H and O–H groups in total. The maximum absolute atomic E-state index is 15.2. The van der Waals surface area contributed by atoms with E-state index < -0.39 is 15.1 Å². The van der Waals surface area contributed by atoms with E-state index in [2.05, 4.69) is 362 Å². The molecule has 8 bridgehead atoms. The van der Waals surface area contributed by atoms with Crippen LogP contribution in [0.4, 0.5) is 0 Å². The zero-order chi connectivity index (χ0) is 92.1. The molecular weight excluding hydrogens is 1670 g/mol. The largest absolute Gasteiger partial charge is 0.456 e. The van der Waals surface area contributed by atoms with E-state index >= 15 is 4.57 Å². The fraction of sp³-hybridized carbons (Fsp3) is 0.250. The smallest absolute Gasteiger partial charge is 0.242 e. The molecule has 8 saturated carbocycles. The van der Waals surface area contributed by atoms with Crippen molar-refractivity contribution < 1.29 is 13.4 Å². The van der Waals surface area contributed by atoms with Crippen molar-refractivity contribution >= 4 is 137 Å². The van der Waals surface area contributed by atoms with E-state index in [1.165, 1.54) is 242 Å². The van der Waals surface area contributed by atoms with Crippen LogP contribution in [0.5, 0.6) is 0 Å². The molecule has 16 aromatic carbocycles. The molecule has 666 valence electrons. The summed E-state index contributed by atoms with van der Waals surface area (Å²) in [5.41, 5.74) is 39.8. The van der Waals surface area contributed by atoms with Crippen molar-refractivity contribution in [2.24, 2.45) is 23.7 Å². The predicted molar refractivity (Wildman–Crippen MR) is 577 cm³/mol. The number of rotatable bonds is 18. The molecule has 2 heterocycles. The highest BCUT2D eigenvalue weighted by Crippen LogP contribution is 2.68. The lowest BCUT2D eigenvalue weighted by molar-refractivity contribution is -0.0282. The summed E-state index contributed by atoms with van der Waals surface area (Å²) in [6.45, 7) is 27.3. The Morgan fingerprint density at radius 3 is 0.807 bits per heavy atom. The van der Waals surface area contributed by atoms with Gasteiger partial charge in [-0.05, 0) is 310 Å². The van der Waals surface area contributed by atoms with E-state index in [4.69, 9.17) is 8.83 Å². The van der Waals surface area contributed by atoms with Crippen molar-refractivity contribution in [3.05, 3.63) is 429 Å². The van der Waals surface area contributed by atoms with Crippen LogP contribution in [0, 0.1) is 107 Å². The summed E-state index contributed by atoms with van der Waals surface area (Å²) in [5, 5.41) is 11.7.